The minimum atomic E-state index is 0.374. The Morgan fingerprint density at radius 3 is 1.95 bits per heavy atom. The topological polar surface area (TPSA) is 18.5 Å². The van der Waals surface area contributed by atoms with Gasteiger partial charge in [-0.15, -0.1) is 0 Å². The van der Waals surface area contributed by atoms with Crippen LogP contribution >= 0.6 is 0 Å². The molecule has 2 nitrogen and oxygen atoms in total. The largest absolute Gasteiger partial charge is 0.494 e. The first-order valence-corrected chi connectivity index (χ1v) is 7.92. The second-order valence-electron chi connectivity index (χ2n) is 6.76. The quantitative estimate of drug-likeness (QED) is 0.631. The molecule has 0 unspecified atom stereocenters. The van der Waals surface area contributed by atoms with Gasteiger partial charge in [-0.25, -0.2) is 0 Å². The summed E-state index contributed by atoms with van der Waals surface area (Å²) in [4.78, 5) is 0. The van der Waals surface area contributed by atoms with Crippen LogP contribution in [-0.4, -0.2) is 6.61 Å². The maximum atomic E-state index is 5.76. The molecule has 2 aromatic rings. The minimum absolute atomic E-state index is 0.374. The summed E-state index contributed by atoms with van der Waals surface area (Å²) in [7, 11) is 0. The first kappa shape index (κ1) is 16.4. The van der Waals surface area contributed by atoms with Gasteiger partial charge in [0, 0.05) is 0 Å². The molecule has 0 saturated heterocycles. The van der Waals surface area contributed by atoms with Gasteiger partial charge in [-0.2, -0.15) is 0 Å². The first-order valence-electron chi connectivity index (χ1n) is 7.92. The van der Waals surface area contributed by atoms with Gasteiger partial charge in [-0.1, -0.05) is 51.1 Å². The van der Waals surface area contributed by atoms with E-state index >= 15 is 0 Å². The van der Waals surface area contributed by atoms with E-state index in [0.717, 1.165) is 24.5 Å². The molecule has 2 rings (SSSR count). The van der Waals surface area contributed by atoms with Crippen LogP contribution in [0, 0.1) is 5.41 Å². The summed E-state index contributed by atoms with van der Waals surface area (Å²) in [6.45, 7) is 8.12. The third-order valence-corrected chi connectivity index (χ3v) is 3.41. The highest BCUT2D eigenvalue weighted by Crippen LogP contribution is 2.22. The Balaban J connectivity index is 1.73. The van der Waals surface area contributed by atoms with E-state index in [9.17, 15) is 0 Å². The van der Waals surface area contributed by atoms with Crippen LogP contribution in [0.15, 0.2) is 54.6 Å². The van der Waals surface area contributed by atoms with Gasteiger partial charge in [0.05, 0.1) is 6.61 Å². The molecule has 0 aliphatic heterocycles. The summed E-state index contributed by atoms with van der Waals surface area (Å²) in [5, 5.41) is 0. The van der Waals surface area contributed by atoms with E-state index in [4.69, 9.17) is 9.47 Å². The van der Waals surface area contributed by atoms with Crippen molar-refractivity contribution in [1.29, 1.82) is 0 Å². The number of ether oxygens (including phenoxy) is 2. The van der Waals surface area contributed by atoms with E-state index in [1.54, 1.807) is 0 Å². The summed E-state index contributed by atoms with van der Waals surface area (Å²) in [5.74, 6) is 1.77. The normalized spacial score (nSPS) is 11.2. The van der Waals surface area contributed by atoms with Crippen LogP contribution in [0.4, 0.5) is 0 Å². The Labute approximate surface area is 134 Å². The highest BCUT2D eigenvalue weighted by Gasteiger charge is 2.09. The van der Waals surface area contributed by atoms with Crippen molar-refractivity contribution in [2.75, 3.05) is 6.61 Å². The summed E-state index contributed by atoms with van der Waals surface area (Å²) in [6.07, 6.45) is 2.25. The molecule has 0 N–H and O–H groups in total. The van der Waals surface area contributed by atoms with E-state index in [2.05, 4.69) is 32.9 Å². The molecule has 0 fully saturated rings. The van der Waals surface area contributed by atoms with E-state index in [1.165, 1.54) is 12.0 Å². The van der Waals surface area contributed by atoms with Crippen molar-refractivity contribution in [1.82, 2.24) is 0 Å². The lowest BCUT2D eigenvalue weighted by atomic mass is 9.91. The Kier molecular flexibility index (Phi) is 5.88. The van der Waals surface area contributed by atoms with Crippen molar-refractivity contribution >= 4 is 0 Å². The van der Waals surface area contributed by atoms with Gasteiger partial charge in [0.15, 0.2) is 0 Å². The third kappa shape index (κ3) is 6.21. The number of benzene rings is 2. The Morgan fingerprint density at radius 2 is 1.36 bits per heavy atom. The number of rotatable bonds is 7. The van der Waals surface area contributed by atoms with E-state index in [0.29, 0.717) is 12.0 Å². The van der Waals surface area contributed by atoms with Crippen LogP contribution in [0.5, 0.6) is 11.5 Å². The van der Waals surface area contributed by atoms with Crippen molar-refractivity contribution in [3.05, 3.63) is 60.2 Å². The van der Waals surface area contributed by atoms with Crippen LogP contribution < -0.4 is 9.47 Å². The molecule has 22 heavy (non-hydrogen) atoms. The molecule has 0 aliphatic carbocycles. The molecule has 2 heteroatoms. The van der Waals surface area contributed by atoms with Gasteiger partial charge in [0.2, 0.25) is 0 Å². The molecule has 0 amide bonds. The van der Waals surface area contributed by atoms with Crippen LogP contribution in [0.2, 0.25) is 0 Å². The van der Waals surface area contributed by atoms with Crippen LogP contribution in [-0.2, 0) is 6.61 Å². The fourth-order valence-electron chi connectivity index (χ4n) is 2.17. The first-order chi connectivity index (χ1) is 10.5. The molecule has 0 heterocycles. The molecular formula is C20H26O2. The molecule has 118 valence electrons. The van der Waals surface area contributed by atoms with Gasteiger partial charge >= 0.3 is 0 Å². The van der Waals surface area contributed by atoms with Crippen LogP contribution in [0.25, 0.3) is 0 Å². The summed E-state index contributed by atoms with van der Waals surface area (Å²) >= 11 is 0. The van der Waals surface area contributed by atoms with Crippen LogP contribution in [0.3, 0.4) is 0 Å². The molecule has 0 saturated carbocycles. The summed E-state index contributed by atoms with van der Waals surface area (Å²) in [5.41, 5.74) is 1.54. The standard InChI is InChI=1S/C20H26O2/c1-20(2,3)14-7-15-21-18-10-12-19(13-11-18)22-16-17-8-5-4-6-9-17/h4-6,8-13H,7,14-16H2,1-3H3. The zero-order valence-electron chi connectivity index (χ0n) is 13.8. The van der Waals surface area contributed by atoms with Crippen molar-refractivity contribution < 1.29 is 9.47 Å². The van der Waals surface area contributed by atoms with Gasteiger partial charge in [0.1, 0.15) is 18.1 Å². The van der Waals surface area contributed by atoms with Crippen molar-refractivity contribution in [2.24, 2.45) is 5.41 Å². The lowest BCUT2D eigenvalue weighted by Gasteiger charge is -2.17. The SMILES string of the molecule is CC(C)(C)CCCOc1ccc(OCc2ccccc2)cc1. The zero-order valence-corrected chi connectivity index (χ0v) is 13.8. The van der Waals surface area contributed by atoms with Crippen molar-refractivity contribution in [3.63, 3.8) is 0 Å². The van der Waals surface area contributed by atoms with Crippen molar-refractivity contribution in [3.8, 4) is 11.5 Å². The molecule has 0 spiro atoms. The van der Waals surface area contributed by atoms with E-state index in [1.807, 2.05) is 42.5 Å². The van der Waals surface area contributed by atoms with E-state index < -0.39 is 0 Å². The molecule has 0 aromatic heterocycles. The zero-order chi connectivity index (χ0) is 15.8. The Morgan fingerprint density at radius 1 is 0.773 bits per heavy atom. The minimum Gasteiger partial charge on any atom is -0.494 e. The molecule has 0 aliphatic rings. The monoisotopic (exact) mass is 298 g/mol. The fraction of sp³-hybridized carbons (Fsp3) is 0.400. The highest BCUT2D eigenvalue weighted by atomic mass is 16.5. The predicted octanol–water partition coefficient (Wildman–Crippen LogP) is 5.47. The fourth-order valence-corrected chi connectivity index (χ4v) is 2.17. The highest BCUT2D eigenvalue weighted by molar-refractivity contribution is 5.31. The third-order valence-electron chi connectivity index (χ3n) is 3.41. The molecular weight excluding hydrogens is 272 g/mol. The van der Waals surface area contributed by atoms with E-state index in [-0.39, 0.29) is 0 Å². The Hall–Kier alpha value is -1.96. The predicted molar refractivity (Wildman–Crippen MR) is 91.4 cm³/mol. The summed E-state index contributed by atoms with van der Waals surface area (Å²) < 4.78 is 11.5. The maximum absolute atomic E-state index is 5.76. The molecule has 0 radical (unpaired) electrons. The smallest absolute Gasteiger partial charge is 0.120 e. The average Bonchev–Trinajstić information content (AvgIpc) is 2.51. The number of hydrogen-bond acceptors (Lipinski definition) is 2. The van der Waals surface area contributed by atoms with Gasteiger partial charge in [-0.3, -0.25) is 0 Å². The average molecular weight is 298 g/mol. The molecule has 0 bridgehead atoms. The molecule has 2 aromatic carbocycles. The van der Waals surface area contributed by atoms with Gasteiger partial charge in [-0.05, 0) is 48.1 Å². The van der Waals surface area contributed by atoms with Gasteiger partial charge in [0.25, 0.3) is 0 Å². The number of hydrogen-bond donors (Lipinski definition) is 0. The van der Waals surface area contributed by atoms with Gasteiger partial charge < -0.3 is 9.47 Å². The van der Waals surface area contributed by atoms with Crippen LogP contribution in [0.1, 0.15) is 39.2 Å². The Bertz CT molecular complexity index is 538. The molecule has 0 atom stereocenters. The second kappa shape index (κ2) is 7.88. The lowest BCUT2D eigenvalue weighted by molar-refractivity contribution is 0.268. The summed E-state index contributed by atoms with van der Waals surface area (Å²) in [6, 6.07) is 18.0. The second-order valence-corrected chi connectivity index (χ2v) is 6.76. The van der Waals surface area contributed by atoms with Crippen molar-refractivity contribution in [2.45, 2.75) is 40.2 Å². The lowest BCUT2D eigenvalue weighted by Crippen LogP contribution is -2.07. The maximum Gasteiger partial charge on any atom is 0.120 e.